The fourth-order valence-corrected chi connectivity index (χ4v) is 1.29. The van der Waals surface area contributed by atoms with Crippen LogP contribution in [0.3, 0.4) is 0 Å². The molecule has 0 fully saturated rings. The Hall–Kier alpha value is -0.530. The Labute approximate surface area is 82.3 Å². The first-order valence-electron chi connectivity index (χ1n) is 4.86. The zero-order chi connectivity index (χ0) is 10.9. The lowest BCUT2D eigenvalue weighted by Gasteiger charge is -2.49. The molecule has 0 aliphatic heterocycles. The van der Waals surface area contributed by atoms with E-state index in [0.29, 0.717) is 5.92 Å². The monoisotopic (exact) mass is 185 g/mol. The van der Waals surface area contributed by atoms with E-state index in [1.54, 1.807) is 4.90 Å². The minimum absolute atomic E-state index is 0.108. The highest BCUT2D eigenvalue weighted by Gasteiger charge is 2.41. The van der Waals surface area contributed by atoms with Gasteiger partial charge in [-0.2, -0.15) is 0 Å². The lowest BCUT2D eigenvalue weighted by Crippen LogP contribution is -2.53. The number of hydrogen-bond acceptors (Lipinski definition) is 1. The largest absolute Gasteiger partial charge is 0.343 e. The third-order valence-corrected chi connectivity index (χ3v) is 4.06. The van der Waals surface area contributed by atoms with E-state index < -0.39 is 0 Å². The van der Waals surface area contributed by atoms with E-state index in [9.17, 15) is 4.79 Å². The summed E-state index contributed by atoms with van der Waals surface area (Å²) < 4.78 is 0. The predicted octanol–water partition coefficient (Wildman–Crippen LogP) is 2.54. The number of carbonyl (C=O) groups is 1. The molecule has 0 aromatic rings. The molecule has 2 nitrogen and oxygen atoms in total. The Kier molecular flexibility index (Phi) is 3.54. The second-order valence-electron chi connectivity index (χ2n) is 5.15. The van der Waals surface area contributed by atoms with Gasteiger partial charge in [-0.15, -0.1) is 0 Å². The van der Waals surface area contributed by atoms with Crippen molar-refractivity contribution in [2.75, 3.05) is 7.05 Å². The molecule has 0 saturated heterocycles. The molecular weight excluding hydrogens is 162 g/mol. The molecule has 0 bridgehead atoms. The van der Waals surface area contributed by atoms with E-state index in [-0.39, 0.29) is 11.0 Å². The Morgan fingerprint density at radius 1 is 1.15 bits per heavy atom. The standard InChI is InChI=1S/C11H23NO/c1-9(2)10(3,4)11(5,6)12(7)8-13/h8-9H,1-7H3. The van der Waals surface area contributed by atoms with Gasteiger partial charge in [0.25, 0.3) is 0 Å². The van der Waals surface area contributed by atoms with Crippen molar-refractivity contribution >= 4 is 6.41 Å². The van der Waals surface area contributed by atoms with E-state index in [1.807, 2.05) is 7.05 Å². The minimum Gasteiger partial charge on any atom is -0.343 e. The smallest absolute Gasteiger partial charge is 0.209 e. The molecule has 0 saturated carbocycles. The fourth-order valence-electron chi connectivity index (χ4n) is 1.29. The highest BCUT2D eigenvalue weighted by molar-refractivity contribution is 5.48. The molecule has 78 valence electrons. The van der Waals surface area contributed by atoms with Crippen molar-refractivity contribution in [1.29, 1.82) is 0 Å². The van der Waals surface area contributed by atoms with Gasteiger partial charge in [-0.3, -0.25) is 4.79 Å². The SMILES string of the molecule is CC(C)C(C)(C)C(C)(C)N(C)C=O. The molecule has 0 heterocycles. The van der Waals surface area contributed by atoms with Crippen LogP contribution < -0.4 is 0 Å². The van der Waals surface area contributed by atoms with Gasteiger partial charge in [0.1, 0.15) is 0 Å². The molecule has 0 atom stereocenters. The number of hydrogen-bond donors (Lipinski definition) is 0. The summed E-state index contributed by atoms with van der Waals surface area (Å²) in [4.78, 5) is 12.5. The number of nitrogens with zero attached hydrogens (tertiary/aromatic N) is 1. The Bertz CT molecular complexity index is 183. The van der Waals surface area contributed by atoms with Crippen molar-refractivity contribution in [2.45, 2.75) is 47.1 Å². The molecule has 13 heavy (non-hydrogen) atoms. The predicted molar refractivity (Wildman–Crippen MR) is 56.5 cm³/mol. The van der Waals surface area contributed by atoms with E-state index in [1.165, 1.54) is 0 Å². The summed E-state index contributed by atoms with van der Waals surface area (Å²) in [6.45, 7) is 13.0. The second kappa shape index (κ2) is 3.69. The van der Waals surface area contributed by atoms with Crippen LogP contribution in [0.1, 0.15) is 41.5 Å². The van der Waals surface area contributed by atoms with Gasteiger partial charge in [0.2, 0.25) is 6.41 Å². The van der Waals surface area contributed by atoms with Crippen LogP contribution in [0, 0.1) is 11.3 Å². The topological polar surface area (TPSA) is 20.3 Å². The summed E-state index contributed by atoms with van der Waals surface area (Å²) in [5.41, 5.74) is 0.00553. The van der Waals surface area contributed by atoms with Crippen molar-refractivity contribution in [3.05, 3.63) is 0 Å². The molecule has 0 spiro atoms. The van der Waals surface area contributed by atoms with E-state index in [4.69, 9.17) is 0 Å². The van der Waals surface area contributed by atoms with Gasteiger partial charge in [-0.1, -0.05) is 27.7 Å². The number of carbonyl (C=O) groups excluding carboxylic acids is 1. The highest BCUT2D eigenvalue weighted by Crippen LogP contribution is 2.40. The summed E-state index contributed by atoms with van der Waals surface area (Å²) >= 11 is 0. The van der Waals surface area contributed by atoms with Crippen molar-refractivity contribution in [2.24, 2.45) is 11.3 Å². The fraction of sp³-hybridized carbons (Fsp3) is 0.909. The van der Waals surface area contributed by atoms with Gasteiger partial charge < -0.3 is 4.90 Å². The van der Waals surface area contributed by atoms with Crippen LogP contribution in [-0.2, 0) is 4.79 Å². The maximum absolute atomic E-state index is 10.7. The Morgan fingerprint density at radius 3 is 1.77 bits per heavy atom. The van der Waals surface area contributed by atoms with Gasteiger partial charge in [0.15, 0.2) is 0 Å². The van der Waals surface area contributed by atoms with Crippen LogP contribution in [0.25, 0.3) is 0 Å². The average molecular weight is 185 g/mol. The first-order chi connectivity index (χ1) is 5.67. The van der Waals surface area contributed by atoms with Crippen molar-refractivity contribution < 1.29 is 4.79 Å². The van der Waals surface area contributed by atoms with Crippen molar-refractivity contribution in [3.63, 3.8) is 0 Å². The van der Waals surface area contributed by atoms with Crippen LogP contribution in [-0.4, -0.2) is 23.9 Å². The number of rotatable bonds is 4. The van der Waals surface area contributed by atoms with E-state index in [0.717, 1.165) is 6.41 Å². The zero-order valence-electron chi connectivity index (χ0n) is 10.0. The summed E-state index contributed by atoms with van der Waals surface area (Å²) in [5, 5.41) is 0. The molecule has 0 rings (SSSR count). The number of amides is 1. The van der Waals surface area contributed by atoms with Crippen molar-refractivity contribution in [1.82, 2.24) is 4.90 Å². The maximum atomic E-state index is 10.7. The third kappa shape index (κ3) is 2.04. The summed E-state index contributed by atoms with van der Waals surface area (Å²) in [6.07, 6.45) is 0.907. The molecular formula is C11H23NO. The second-order valence-corrected chi connectivity index (χ2v) is 5.15. The minimum atomic E-state index is -0.108. The first-order valence-corrected chi connectivity index (χ1v) is 4.86. The molecule has 0 aromatic heterocycles. The van der Waals surface area contributed by atoms with Gasteiger partial charge in [0.05, 0.1) is 0 Å². The molecule has 0 aliphatic rings. The summed E-state index contributed by atoms with van der Waals surface area (Å²) in [5.74, 6) is 0.546. The van der Waals surface area contributed by atoms with Crippen LogP contribution in [0.4, 0.5) is 0 Å². The van der Waals surface area contributed by atoms with Crippen molar-refractivity contribution in [3.8, 4) is 0 Å². The van der Waals surface area contributed by atoms with Crippen LogP contribution >= 0.6 is 0 Å². The maximum Gasteiger partial charge on any atom is 0.209 e. The Morgan fingerprint density at radius 2 is 1.54 bits per heavy atom. The van der Waals surface area contributed by atoms with Gasteiger partial charge in [0, 0.05) is 12.6 Å². The summed E-state index contributed by atoms with van der Waals surface area (Å²) in [7, 11) is 1.84. The molecule has 1 amide bonds. The molecule has 0 N–H and O–H groups in total. The molecule has 0 aliphatic carbocycles. The van der Waals surface area contributed by atoms with E-state index >= 15 is 0 Å². The van der Waals surface area contributed by atoms with Gasteiger partial charge in [-0.25, -0.2) is 0 Å². The molecule has 0 radical (unpaired) electrons. The zero-order valence-corrected chi connectivity index (χ0v) is 10.0. The van der Waals surface area contributed by atoms with Crippen LogP contribution in [0.2, 0.25) is 0 Å². The van der Waals surface area contributed by atoms with Crippen LogP contribution in [0.15, 0.2) is 0 Å². The Balaban J connectivity index is 4.90. The van der Waals surface area contributed by atoms with Gasteiger partial charge >= 0.3 is 0 Å². The average Bonchev–Trinajstić information content (AvgIpc) is 2.02. The quantitative estimate of drug-likeness (QED) is 0.616. The third-order valence-electron chi connectivity index (χ3n) is 4.06. The lowest BCUT2D eigenvalue weighted by molar-refractivity contribution is -0.126. The lowest BCUT2D eigenvalue weighted by atomic mass is 9.66. The molecule has 0 unspecified atom stereocenters. The first kappa shape index (κ1) is 12.5. The van der Waals surface area contributed by atoms with E-state index in [2.05, 4.69) is 41.5 Å². The van der Waals surface area contributed by atoms with Crippen LogP contribution in [0.5, 0.6) is 0 Å². The normalized spacial score (nSPS) is 13.2. The molecule has 2 heteroatoms. The molecule has 0 aromatic carbocycles. The highest BCUT2D eigenvalue weighted by atomic mass is 16.1. The van der Waals surface area contributed by atoms with Gasteiger partial charge in [-0.05, 0) is 25.2 Å². The summed E-state index contributed by atoms with van der Waals surface area (Å²) in [6, 6.07) is 0.